The number of benzene rings is 1. The van der Waals surface area contributed by atoms with Crippen LogP contribution >= 0.6 is 0 Å². The van der Waals surface area contributed by atoms with Crippen molar-refractivity contribution in [3.63, 3.8) is 0 Å². The van der Waals surface area contributed by atoms with E-state index in [1.54, 1.807) is 7.11 Å². The Morgan fingerprint density at radius 2 is 1.94 bits per heavy atom. The van der Waals surface area contributed by atoms with E-state index in [0.717, 1.165) is 23.4 Å². The molecule has 0 aromatic heterocycles. The highest BCUT2D eigenvalue weighted by molar-refractivity contribution is 5.47. The zero-order valence-electron chi connectivity index (χ0n) is 10.6. The number of nitrogens with two attached hydrogens (primary N) is 1. The summed E-state index contributed by atoms with van der Waals surface area (Å²) in [6.45, 7) is 4.59. The molecular weight excluding hydrogens is 218 g/mol. The van der Waals surface area contributed by atoms with Gasteiger partial charge in [0.15, 0.2) is 0 Å². The van der Waals surface area contributed by atoms with Crippen LogP contribution in [0.3, 0.4) is 0 Å². The van der Waals surface area contributed by atoms with Gasteiger partial charge in [0.1, 0.15) is 5.75 Å². The molecule has 4 nitrogen and oxygen atoms in total. The quantitative estimate of drug-likeness (QED) is 0.557. The molecule has 0 unspecified atom stereocenters. The largest absolute Gasteiger partial charge is 0.493 e. The summed E-state index contributed by atoms with van der Waals surface area (Å²) in [4.78, 5) is 0. The summed E-state index contributed by atoms with van der Waals surface area (Å²) in [5, 5.41) is 0. The zero-order valence-corrected chi connectivity index (χ0v) is 10.6. The molecule has 1 aromatic rings. The third-order valence-electron chi connectivity index (χ3n) is 2.33. The summed E-state index contributed by atoms with van der Waals surface area (Å²) >= 11 is 0. The summed E-state index contributed by atoms with van der Waals surface area (Å²) in [6.07, 6.45) is 0.859. The van der Waals surface area contributed by atoms with E-state index in [-0.39, 0.29) is 0 Å². The van der Waals surface area contributed by atoms with Gasteiger partial charge in [0.05, 0.1) is 19.8 Å². The maximum Gasteiger partial charge on any atom is 0.124 e. The highest BCUT2D eigenvalue weighted by Crippen LogP contribution is 2.20. The average Bonchev–Trinajstić information content (AvgIpc) is 2.32. The topological polar surface area (TPSA) is 53.7 Å². The Balaban J connectivity index is 2.15. The van der Waals surface area contributed by atoms with Crippen LogP contribution in [0.15, 0.2) is 18.2 Å². The lowest BCUT2D eigenvalue weighted by atomic mass is 10.2. The van der Waals surface area contributed by atoms with E-state index >= 15 is 0 Å². The third-order valence-corrected chi connectivity index (χ3v) is 2.33. The van der Waals surface area contributed by atoms with Gasteiger partial charge < -0.3 is 19.9 Å². The Morgan fingerprint density at radius 1 is 1.12 bits per heavy atom. The highest BCUT2D eigenvalue weighted by atomic mass is 16.5. The Bertz CT molecular complexity index is 328. The van der Waals surface area contributed by atoms with Gasteiger partial charge in [-0.2, -0.15) is 0 Å². The van der Waals surface area contributed by atoms with Crippen LogP contribution in [-0.4, -0.2) is 33.5 Å². The Labute approximate surface area is 103 Å². The summed E-state index contributed by atoms with van der Waals surface area (Å²) < 4.78 is 15.8. The molecule has 17 heavy (non-hydrogen) atoms. The molecule has 4 heteroatoms. The van der Waals surface area contributed by atoms with Gasteiger partial charge in [-0.25, -0.2) is 0 Å². The van der Waals surface area contributed by atoms with Crippen molar-refractivity contribution >= 4 is 5.69 Å². The summed E-state index contributed by atoms with van der Waals surface area (Å²) in [5.41, 5.74) is 7.51. The fourth-order valence-corrected chi connectivity index (χ4v) is 1.36. The number of hydrogen-bond donors (Lipinski definition) is 1. The van der Waals surface area contributed by atoms with Crippen molar-refractivity contribution in [3.8, 4) is 5.75 Å². The summed E-state index contributed by atoms with van der Waals surface area (Å²) in [7, 11) is 1.66. The van der Waals surface area contributed by atoms with Gasteiger partial charge in [-0.05, 0) is 18.6 Å². The average molecular weight is 239 g/mol. The minimum atomic E-state index is 0.633. The first-order chi connectivity index (χ1) is 8.24. The van der Waals surface area contributed by atoms with Crippen molar-refractivity contribution < 1.29 is 14.2 Å². The molecule has 0 fully saturated rings. The minimum Gasteiger partial charge on any atom is -0.493 e. The molecule has 0 saturated carbocycles. The summed E-state index contributed by atoms with van der Waals surface area (Å²) in [5.74, 6) is 0.849. The van der Waals surface area contributed by atoms with Crippen LogP contribution in [0.1, 0.15) is 12.0 Å². The van der Waals surface area contributed by atoms with E-state index in [1.807, 2.05) is 25.1 Å². The van der Waals surface area contributed by atoms with Gasteiger partial charge in [0.25, 0.3) is 0 Å². The number of anilines is 1. The number of methoxy groups -OCH3 is 1. The molecule has 0 atom stereocenters. The first kappa shape index (κ1) is 13.8. The molecule has 96 valence electrons. The van der Waals surface area contributed by atoms with Crippen LogP contribution in [0.4, 0.5) is 5.69 Å². The summed E-state index contributed by atoms with van der Waals surface area (Å²) in [6, 6.07) is 5.68. The monoisotopic (exact) mass is 239 g/mol. The van der Waals surface area contributed by atoms with E-state index in [4.69, 9.17) is 19.9 Å². The number of hydrogen-bond acceptors (Lipinski definition) is 4. The zero-order chi connectivity index (χ0) is 12.5. The number of nitrogen functional groups attached to an aromatic ring is 1. The highest BCUT2D eigenvalue weighted by Gasteiger charge is 1.99. The fourth-order valence-electron chi connectivity index (χ4n) is 1.36. The van der Waals surface area contributed by atoms with Crippen LogP contribution in [0.5, 0.6) is 5.75 Å². The van der Waals surface area contributed by atoms with E-state index in [9.17, 15) is 0 Å². The second-order valence-electron chi connectivity index (χ2n) is 3.83. The van der Waals surface area contributed by atoms with Gasteiger partial charge in [0.2, 0.25) is 0 Å². The predicted octanol–water partition coefficient (Wildman–Crippen LogP) is 2.01. The molecule has 0 radical (unpaired) electrons. The third kappa shape index (κ3) is 5.56. The van der Waals surface area contributed by atoms with Gasteiger partial charge in [-0.1, -0.05) is 6.07 Å². The van der Waals surface area contributed by atoms with Crippen LogP contribution in [0, 0.1) is 6.92 Å². The first-order valence-electron chi connectivity index (χ1n) is 5.79. The van der Waals surface area contributed by atoms with Crippen molar-refractivity contribution in [2.75, 3.05) is 39.3 Å². The van der Waals surface area contributed by atoms with E-state index in [0.29, 0.717) is 26.4 Å². The molecule has 0 aliphatic heterocycles. The van der Waals surface area contributed by atoms with Crippen LogP contribution < -0.4 is 10.5 Å². The van der Waals surface area contributed by atoms with Crippen molar-refractivity contribution in [1.82, 2.24) is 0 Å². The second-order valence-corrected chi connectivity index (χ2v) is 3.83. The SMILES string of the molecule is COCCOCCCOc1cc(N)ccc1C. The van der Waals surface area contributed by atoms with E-state index in [1.165, 1.54) is 0 Å². The molecule has 0 aliphatic carbocycles. The van der Waals surface area contributed by atoms with Gasteiger partial charge >= 0.3 is 0 Å². The van der Waals surface area contributed by atoms with Gasteiger partial charge in [0, 0.05) is 31.9 Å². The van der Waals surface area contributed by atoms with E-state index in [2.05, 4.69) is 0 Å². The molecule has 1 aromatic carbocycles. The van der Waals surface area contributed by atoms with Crippen molar-refractivity contribution in [3.05, 3.63) is 23.8 Å². The van der Waals surface area contributed by atoms with Gasteiger partial charge in [-0.3, -0.25) is 0 Å². The van der Waals surface area contributed by atoms with Crippen LogP contribution in [0.25, 0.3) is 0 Å². The molecule has 2 N–H and O–H groups in total. The van der Waals surface area contributed by atoms with Crippen molar-refractivity contribution in [1.29, 1.82) is 0 Å². The molecule has 1 rings (SSSR count). The first-order valence-corrected chi connectivity index (χ1v) is 5.79. The number of aryl methyl sites for hydroxylation is 1. The second kappa shape index (κ2) is 7.92. The molecule has 0 aliphatic rings. The van der Waals surface area contributed by atoms with Crippen molar-refractivity contribution in [2.24, 2.45) is 0 Å². The van der Waals surface area contributed by atoms with Crippen LogP contribution in [0.2, 0.25) is 0 Å². The molecule has 0 amide bonds. The lowest BCUT2D eigenvalue weighted by Crippen LogP contribution is -2.07. The fraction of sp³-hybridized carbons (Fsp3) is 0.538. The smallest absolute Gasteiger partial charge is 0.124 e. The number of ether oxygens (including phenoxy) is 3. The normalized spacial score (nSPS) is 10.5. The lowest BCUT2D eigenvalue weighted by Gasteiger charge is -2.10. The van der Waals surface area contributed by atoms with Gasteiger partial charge in [-0.15, -0.1) is 0 Å². The Morgan fingerprint density at radius 3 is 2.71 bits per heavy atom. The maximum atomic E-state index is 5.69. The van der Waals surface area contributed by atoms with Crippen LogP contribution in [-0.2, 0) is 9.47 Å². The predicted molar refractivity (Wildman–Crippen MR) is 68.4 cm³/mol. The molecular formula is C13H21NO3. The lowest BCUT2D eigenvalue weighted by molar-refractivity contribution is 0.0644. The van der Waals surface area contributed by atoms with E-state index < -0.39 is 0 Å². The standard InChI is InChI=1S/C13H21NO3/c1-11-4-5-12(14)10-13(11)17-7-3-6-16-9-8-15-2/h4-5,10H,3,6-9,14H2,1-2H3. The van der Waals surface area contributed by atoms with Crippen molar-refractivity contribution in [2.45, 2.75) is 13.3 Å². The minimum absolute atomic E-state index is 0.633. The molecule has 0 bridgehead atoms. The molecule has 0 saturated heterocycles. The molecule has 0 spiro atoms. The Hall–Kier alpha value is -1.26. The maximum absolute atomic E-state index is 5.69. The molecule has 0 heterocycles. The number of rotatable bonds is 8. The Kier molecular flexibility index (Phi) is 6.43.